The molecule has 0 bridgehead atoms. The molecule has 0 spiro atoms. The zero-order chi connectivity index (χ0) is 13.5. The Balaban J connectivity index is 2.93. The van der Waals surface area contributed by atoms with Gasteiger partial charge in [-0.25, -0.2) is 15.0 Å². The number of hydrogen-bond donors (Lipinski definition) is 1. The highest BCUT2D eigenvalue weighted by Crippen LogP contribution is 2.18. The lowest BCUT2D eigenvalue weighted by Crippen LogP contribution is -2.46. The molecule has 0 atom stereocenters. The standard InChI is InChI=1S/C11H14N2O5/c1-16-9-6-4-8(5-7-9)13(11(15)18-3)12-10(14)17-2/h4-7H,1-3H3,(H,12,14). The van der Waals surface area contributed by atoms with E-state index in [0.29, 0.717) is 11.4 Å². The van der Waals surface area contributed by atoms with Crippen LogP contribution in [0.2, 0.25) is 0 Å². The van der Waals surface area contributed by atoms with E-state index in [1.165, 1.54) is 21.3 Å². The minimum atomic E-state index is -0.781. The number of carbonyl (C=O) groups excluding carboxylic acids is 2. The van der Waals surface area contributed by atoms with Crippen LogP contribution in [-0.4, -0.2) is 33.5 Å². The predicted octanol–water partition coefficient (Wildman–Crippen LogP) is 1.54. The van der Waals surface area contributed by atoms with Crippen molar-refractivity contribution in [1.29, 1.82) is 0 Å². The minimum absolute atomic E-state index is 0.410. The first-order valence-corrected chi connectivity index (χ1v) is 4.99. The molecule has 18 heavy (non-hydrogen) atoms. The molecule has 0 saturated carbocycles. The third kappa shape index (κ3) is 3.27. The van der Waals surface area contributed by atoms with E-state index in [2.05, 4.69) is 14.9 Å². The van der Waals surface area contributed by atoms with Gasteiger partial charge in [-0.2, -0.15) is 5.01 Å². The molecule has 98 valence electrons. The first kappa shape index (κ1) is 13.6. The molecule has 0 heterocycles. The van der Waals surface area contributed by atoms with E-state index in [-0.39, 0.29) is 0 Å². The molecule has 0 unspecified atom stereocenters. The summed E-state index contributed by atoms with van der Waals surface area (Å²) in [5, 5.41) is 0.922. The summed E-state index contributed by atoms with van der Waals surface area (Å²) in [5.41, 5.74) is 2.64. The Morgan fingerprint density at radius 3 is 2.11 bits per heavy atom. The van der Waals surface area contributed by atoms with Crippen molar-refractivity contribution in [3.8, 4) is 5.75 Å². The Morgan fingerprint density at radius 2 is 1.67 bits per heavy atom. The van der Waals surface area contributed by atoms with E-state index in [9.17, 15) is 9.59 Å². The molecule has 2 amide bonds. The summed E-state index contributed by atoms with van der Waals surface area (Å²) in [6.07, 6.45) is -1.53. The highest BCUT2D eigenvalue weighted by Gasteiger charge is 2.19. The molecule has 1 aromatic carbocycles. The third-order valence-corrected chi connectivity index (χ3v) is 2.08. The first-order chi connectivity index (χ1) is 8.62. The van der Waals surface area contributed by atoms with Gasteiger partial charge in [0.05, 0.1) is 27.0 Å². The average Bonchev–Trinajstić information content (AvgIpc) is 2.43. The van der Waals surface area contributed by atoms with Gasteiger partial charge in [0.2, 0.25) is 0 Å². The number of methoxy groups -OCH3 is 3. The van der Waals surface area contributed by atoms with E-state index >= 15 is 0 Å². The summed E-state index contributed by atoms with van der Waals surface area (Å²) < 4.78 is 14.0. The van der Waals surface area contributed by atoms with E-state index < -0.39 is 12.2 Å². The fourth-order valence-electron chi connectivity index (χ4n) is 1.18. The summed E-state index contributed by atoms with van der Waals surface area (Å²) in [6.45, 7) is 0. The Hall–Kier alpha value is -2.44. The van der Waals surface area contributed by atoms with Crippen molar-refractivity contribution in [2.75, 3.05) is 26.3 Å². The topological polar surface area (TPSA) is 77.1 Å². The van der Waals surface area contributed by atoms with Gasteiger partial charge in [-0.05, 0) is 24.3 Å². The summed E-state index contributed by atoms with van der Waals surface area (Å²) in [6, 6.07) is 6.46. The normalized spacial score (nSPS) is 9.28. The van der Waals surface area contributed by atoms with Crippen LogP contribution in [0, 0.1) is 0 Å². The van der Waals surface area contributed by atoms with Crippen LogP contribution in [0.4, 0.5) is 15.3 Å². The maximum atomic E-state index is 11.5. The van der Waals surface area contributed by atoms with Gasteiger partial charge < -0.3 is 14.2 Å². The molecule has 7 nitrogen and oxygen atoms in total. The lowest BCUT2D eigenvalue weighted by Gasteiger charge is -2.20. The monoisotopic (exact) mass is 254 g/mol. The van der Waals surface area contributed by atoms with Gasteiger partial charge in [-0.1, -0.05) is 0 Å². The maximum absolute atomic E-state index is 11.5. The van der Waals surface area contributed by atoms with Crippen LogP contribution in [0.1, 0.15) is 0 Å². The number of nitrogens with zero attached hydrogens (tertiary/aromatic N) is 1. The van der Waals surface area contributed by atoms with Crippen molar-refractivity contribution in [2.45, 2.75) is 0 Å². The van der Waals surface area contributed by atoms with E-state index in [1.807, 2.05) is 0 Å². The number of hydrogen-bond acceptors (Lipinski definition) is 5. The zero-order valence-electron chi connectivity index (χ0n) is 10.3. The largest absolute Gasteiger partial charge is 0.497 e. The molecule has 1 aromatic rings. The third-order valence-electron chi connectivity index (χ3n) is 2.08. The van der Waals surface area contributed by atoms with Gasteiger partial charge in [-0.3, -0.25) is 0 Å². The van der Waals surface area contributed by atoms with Crippen molar-refractivity contribution in [2.24, 2.45) is 0 Å². The van der Waals surface area contributed by atoms with Crippen molar-refractivity contribution in [3.05, 3.63) is 24.3 Å². The van der Waals surface area contributed by atoms with Crippen LogP contribution in [-0.2, 0) is 9.47 Å². The second kappa shape index (κ2) is 6.33. The maximum Gasteiger partial charge on any atom is 0.433 e. The van der Waals surface area contributed by atoms with Crippen LogP contribution in [0.5, 0.6) is 5.75 Å². The molecule has 0 aliphatic heterocycles. The molecular weight excluding hydrogens is 240 g/mol. The van der Waals surface area contributed by atoms with Gasteiger partial charge in [0.15, 0.2) is 0 Å². The van der Waals surface area contributed by atoms with E-state index in [0.717, 1.165) is 5.01 Å². The van der Waals surface area contributed by atoms with Gasteiger partial charge >= 0.3 is 12.2 Å². The van der Waals surface area contributed by atoms with Crippen LogP contribution < -0.4 is 15.2 Å². The number of ether oxygens (including phenoxy) is 3. The molecule has 0 fully saturated rings. The fourth-order valence-corrected chi connectivity index (χ4v) is 1.18. The minimum Gasteiger partial charge on any atom is -0.497 e. The number of rotatable bonds is 2. The first-order valence-electron chi connectivity index (χ1n) is 4.99. The molecular formula is C11H14N2O5. The van der Waals surface area contributed by atoms with Crippen molar-refractivity contribution in [3.63, 3.8) is 0 Å². The van der Waals surface area contributed by atoms with Crippen LogP contribution in [0.25, 0.3) is 0 Å². The molecule has 0 saturated heterocycles. The number of benzene rings is 1. The molecule has 1 rings (SSSR count). The number of hydrazine groups is 1. The van der Waals surface area contributed by atoms with Crippen molar-refractivity contribution in [1.82, 2.24) is 5.43 Å². The second-order valence-electron chi connectivity index (χ2n) is 3.11. The van der Waals surface area contributed by atoms with Gasteiger partial charge in [0.25, 0.3) is 0 Å². The second-order valence-corrected chi connectivity index (χ2v) is 3.11. The molecule has 0 aliphatic carbocycles. The predicted molar refractivity (Wildman–Crippen MR) is 63.4 cm³/mol. The number of carbonyl (C=O) groups is 2. The lowest BCUT2D eigenvalue weighted by molar-refractivity contribution is 0.157. The molecule has 1 N–H and O–H groups in total. The van der Waals surface area contributed by atoms with Gasteiger partial charge in [0.1, 0.15) is 5.75 Å². The highest BCUT2D eigenvalue weighted by molar-refractivity contribution is 5.90. The smallest absolute Gasteiger partial charge is 0.433 e. The van der Waals surface area contributed by atoms with Crippen molar-refractivity contribution < 1.29 is 23.8 Å². The fraction of sp³-hybridized carbons (Fsp3) is 0.273. The zero-order valence-corrected chi connectivity index (χ0v) is 10.3. The molecule has 0 aromatic heterocycles. The van der Waals surface area contributed by atoms with Crippen LogP contribution >= 0.6 is 0 Å². The van der Waals surface area contributed by atoms with Gasteiger partial charge in [0, 0.05) is 0 Å². The van der Waals surface area contributed by atoms with Crippen LogP contribution in [0.3, 0.4) is 0 Å². The quantitative estimate of drug-likeness (QED) is 0.810. The SMILES string of the molecule is COC(=O)NN(C(=O)OC)c1ccc(OC)cc1. The summed E-state index contributed by atoms with van der Waals surface area (Å²) >= 11 is 0. The molecule has 0 aliphatic rings. The van der Waals surface area contributed by atoms with Crippen LogP contribution in [0.15, 0.2) is 24.3 Å². The Morgan fingerprint density at radius 1 is 1.06 bits per heavy atom. The number of anilines is 1. The molecule has 7 heteroatoms. The molecule has 0 radical (unpaired) electrons. The number of nitrogens with one attached hydrogen (secondary N) is 1. The van der Waals surface area contributed by atoms with E-state index in [1.54, 1.807) is 24.3 Å². The average molecular weight is 254 g/mol. The Labute approximate surface area is 104 Å². The highest BCUT2D eigenvalue weighted by atomic mass is 16.6. The summed E-state index contributed by atoms with van der Waals surface area (Å²) in [4.78, 5) is 22.7. The van der Waals surface area contributed by atoms with Gasteiger partial charge in [-0.15, -0.1) is 0 Å². The van der Waals surface area contributed by atoms with E-state index in [4.69, 9.17) is 4.74 Å². The summed E-state index contributed by atoms with van der Waals surface area (Å²) in [5.74, 6) is 0.627. The summed E-state index contributed by atoms with van der Waals surface area (Å²) in [7, 11) is 3.93. The Bertz CT molecular complexity index is 418. The number of amides is 2. The van der Waals surface area contributed by atoms with Crippen molar-refractivity contribution >= 4 is 17.9 Å². The lowest BCUT2D eigenvalue weighted by atomic mass is 10.3. The Kier molecular flexibility index (Phi) is 4.79.